The van der Waals surface area contributed by atoms with Gasteiger partial charge in [0, 0.05) is 10.8 Å². The molecule has 6 rings (SSSR count). The molecule has 0 spiro atoms. The van der Waals surface area contributed by atoms with Crippen molar-refractivity contribution in [1.82, 2.24) is 0 Å². The average Bonchev–Trinajstić information content (AvgIpc) is 3.20. The molecule has 0 heterocycles. The zero-order chi connectivity index (χ0) is 39.0. The van der Waals surface area contributed by atoms with E-state index in [4.69, 9.17) is 14.2 Å². The Kier molecular flexibility index (Phi) is 12.4. The highest BCUT2D eigenvalue weighted by Crippen LogP contribution is 2.42. The lowest BCUT2D eigenvalue weighted by Crippen LogP contribution is -2.48. The van der Waals surface area contributed by atoms with Crippen molar-refractivity contribution in [1.29, 1.82) is 0 Å². The van der Waals surface area contributed by atoms with Gasteiger partial charge in [-0.05, 0) is 121 Å². The van der Waals surface area contributed by atoms with E-state index in [1.165, 1.54) is 12.1 Å². The van der Waals surface area contributed by atoms with Crippen LogP contribution in [0.3, 0.4) is 0 Å². The molecule has 0 amide bonds. The third-order valence-electron chi connectivity index (χ3n) is 11.0. The lowest BCUT2D eigenvalue weighted by atomic mass is 9.71. The SMILES string of the molecule is CCC(C)(c1ccc(F)c(F)c1)C(Cc1cccc(Oc2ccccc2)c1)OC(Cc1cccc(Oc2ccccc2)c1)C(C)(CC)c1ccc(F)c(F)c1. The Bertz CT molecular complexity index is 2020. The van der Waals surface area contributed by atoms with Gasteiger partial charge in [0.15, 0.2) is 23.3 Å². The Morgan fingerprint density at radius 1 is 0.436 bits per heavy atom. The summed E-state index contributed by atoms with van der Waals surface area (Å²) in [5.41, 5.74) is 1.32. The Morgan fingerprint density at radius 3 is 1.18 bits per heavy atom. The maximum absolute atomic E-state index is 15.0. The van der Waals surface area contributed by atoms with Gasteiger partial charge in [-0.15, -0.1) is 0 Å². The number of hydrogen-bond donors (Lipinski definition) is 0. The number of ether oxygens (including phenoxy) is 3. The second kappa shape index (κ2) is 17.4. The molecule has 0 saturated heterocycles. The van der Waals surface area contributed by atoms with Gasteiger partial charge < -0.3 is 14.2 Å². The summed E-state index contributed by atoms with van der Waals surface area (Å²) in [4.78, 5) is 0. The van der Waals surface area contributed by atoms with Crippen molar-refractivity contribution < 1.29 is 31.8 Å². The third-order valence-corrected chi connectivity index (χ3v) is 11.0. The molecule has 6 aromatic carbocycles. The standard InChI is InChI=1S/C48H46F4O3/c1-5-47(3,35-23-25-41(49)43(51)31-35)45(29-33-15-13-21-39(27-33)53-37-17-9-7-10-18-37)55-46(48(4,6-2)36-24-26-42(50)44(52)32-36)30-34-16-14-22-40(28-34)54-38-19-11-8-12-20-38/h7-28,31-32,45-46H,5-6,29-30H2,1-4H3. The van der Waals surface area contributed by atoms with Gasteiger partial charge in [0.2, 0.25) is 0 Å². The molecule has 0 bridgehead atoms. The van der Waals surface area contributed by atoms with Gasteiger partial charge in [-0.2, -0.15) is 0 Å². The maximum atomic E-state index is 15.0. The van der Waals surface area contributed by atoms with E-state index in [0.29, 0.717) is 59.8 Å². The van der Waals surface area contributed by atoms with Crippen LogP contribution in [0.1, 0.15) is 62.8 Å². The quantitative estimate of drug-likeness (QED) is 0.0923. The molecule has 0 fully saturated rings. The fraction of sp³-hybridized carbons (Fsp3) is 0.250. The second-order valence-corrected chi connectivity index (χ2v) is 14.4. The van der Waals surface area contributed by atoms with Crippen LogP contribution in [-0.2, 0) is 28.4 Å². The lowest BCUT2D eigenvalue weighted by molar-refractivity contribution is -0.0841. The summed E-state index contributed by atoms with van der Waals surface area (Å²) in [6.07, 6.45) is 0.563. The molecule has 6 aromatic rings. The summed E-state index contributed by atoms with van der Waals surface area (Å²) in [6, 6.07) is 42.5. The Labute approximate surface area is 321 Å². The van der Waals surface area contributed by atoms with E-state index >= 15 is 0 Å². The number of halogens is 4. The van der Waals surface area contributed by atoms with Crippen LogP contribution in [0, 0.1) is 23.3 Å². The molecule has 0 aliphatic carbocycles. The molecule has 0 aliphatic rings. The average molecular weight is 747 g/mol. The summed E-state index contributed by atoms with van der Waals surface area (Å²) < 4.78 is 78.4. The van der Waals surface area contributed by atoms with Crippen LogP contribution >= 0.6 is 0 Å². The largest absolute Gasteiger partial charge is 0.457 e. The highest BCUT2D eigenvalue weighted by Gasteiger charge is 2.43. The maximum Gasteiger partial charge on any atom is 0.159 e. The van der Waals surface area contributed by atoms with Gasteiger partial charge >= 0.3 is 0 Å². The van der Waals surface area contributed by atoms with E-state index in [1.807, 2.05) is 137 Å². The highest BCUT2D eigenvalue weighted by atomic mass is 19.2. The molecular formula is C48H46F4O3. The van der Waals surface area contributed by atoms with Crippen LogP contribution in [0.15, 0.2) is 146 Å². The van der Waals surface area contributed by atoms with Crippen molar-refractivity contribution in [3.8, 4) is 23.0 Å². The first-order valence-electron chi connectivity index (χ1n) is 18.7. The van der Waals surface area contributed by atoms with Crippen molar-refractivity contribution in [2.45, 2.75) is 76.4 Å². The second-order valence-electron chi connectivity index (χ2n) is 14.4. The molecule has 3 nitrogen and oxygen atoms in total. The first kappa shape index (κ1) is 39.3. The number of rotatable bonds is 16. The van der Waals surface area contributed by atoms with Gasteiger partial charge in [-0.1, -0.05) is 100 Å². The van der Waals surface area contributed by atoms with Crippen LogP contribution in [0.25, 0.3) is 0 Å². The topological polar surface area (TPSA) is 27.7 Å². The van der Waals surface area contributed by atoms with E-state index in [1.54, 1.807) is 12.1 Å². The fourth-order valence-corrected chi connectivity index (χ4v) is 7.13. The monoisotopic (exact) mass is 746 g/mol. The normalized spacial score (nSPS) is 14.7. The molecule has 0 radical (unpaired) electrons. The predicted molar refractivity (Wildman–Crippen MR) is 210 cm³/mol. The minimum absolute atomic E-state index is 0.376. The third kappa shape index (κ3) is 9.29. The minimum atomic E-state index is -0.943. The zero-order valence-corrected chi connectivity index (χ0v) is 31.6. The summed E-state index contributed by atoms with van der Waals surface area (Å²) in [5, 5.41) is 0. The smallest absolute Gasteiger partial charge is 0.159 e. The van der Waals surface area contributed by atoms with Crippen LogP contribution in [0.2, 0.25) is 0 Å². The molecule has 55 heavy (non-hydrogen) atoms. The first-order valence-corrected chi connectivity index (χ1v) is 18.7. The van der Waals surface area contributed by atoms with Crippen molar-refractivity contribution in [2.24, 2.45) is 0 Å². The Morgan fingerprint density at radius 2 is 0.818 bits per heavy atom. The summed E-state index contributed by atoms with van der Waals surface area (Å²) in [7, 11) is 0. The predicted octanol–water partition coefficient (Wildman–Crippen LogP) is 13.1. The van der Waals surface area contributed by atoms with Crippen LogP contribution in [0.4, 0.5) is 17.6 Å². The van der Waals surface area contributed by atoms with E-state index in [-0.39, 0.29) is 0 Å². The van der Waals surface area contributed by atoms with Gasteiger partial charge in [-0.25, -0.2) is 17.6 Å². The number of para-hydroxylation sites is 2. The van der Waals surface area contributed by atoms with Crippen molar-refractivity contribution in [3.05, 3.63) is 191 Å². The van der Waals surface area contributed by atoms with E-state index in [0.717, 1.165) is 23.3 Å². The molecule has 0 saturated carbocycles. The van der Waals surface area contributed by atoms with E-state index in [2.05, 4.69) is 0 Å². The van der Waals surface area contributed by atoms with Crippen LogP contribution in [0.5, 0.6) is 23.0 Å². The number of benzene rings is 6. The molecular weight excluding hydrogens is 701 g/mol. The van der Waals surface area contributed by atoms with Crippen molar-refractivity contribution in [2.75, 3.05) is 0 Å². The molecule has 0 N–H and O–H groups in total. The molecule has 7 heteroatoms. The zero-order valence-electron chi connectivity index (χ0n) is 31.6. The summed E-state index contributed by atoms with van der Waals surface area (Å²) in [5.74, 6) is -1.09. The lowest BCUT2D eigenvalue weighted by Gasteiger charge is -2.45. The van der Waals surface area contributed by atoms with Gasteiger partial charge in [0.1, 0.15) is 23.0 Å². The van der Waals surface area contributed by atoms with Gasteiger partial charge in [-0.3, -0.25) is 0 Å². The molecule has 4 atom stereocenters. The molecule has 0 aliphatic heterocycles. The van der Waals surface area contributed by atoms with Crippen molar-refractivity contribution >= 4 is 0 Å². The van der Waals surface area contributed by atoms with E-state index < -0.39 is 46.3 Å². The molecule has 4 unspecified atom stereocenters. The minimum Gasteiger partial charge on any atom is -0.457 e. The van der Waals surface area contributed by atoms with Gasteiger partial charge in [0.05, 0.1) is 12.2 Å². The Balaban J connectivity index is 1.44. The Hall–Kier alpha value is -5.40. The van der Waals surface area contributed by atoms with Crippen molar-refractivity contribution in [3.63, 3.8) is 0 Å². The first-order chi connectivity index (χ1) is 26.5. The number of hydrogen-bond acceptors (Lipinski definition) is 3. The van der Waals surface area contributed by atoms with Gasteiger partial charge in [0.25, 0.3) is 0 Å². The van der Waals surface area contributed by atoms with Crippen LogP contribution < -0.4 is 9.47 Å². The summed E-state index contributed by atoms with van der Waals surface area (Å²) >= 11 is 0. The van der Waals surface area contributed by atoms with E-state index in [9.17, 15) is 17.6 Å². The molecule has 284 valence electrons. The highest BCUT2D eigenvalue weighted by molar-refractivity contribution is 5.38. The van der Waals surface area contributed by atoms with Crippen LogP contribution in [-0.4, -0.2) is 12.2 Å². The fourth-order valence-electron chi connectivity index (χ4n) is 7.13. The molecule has 0 aromatic heterocycles. The summed E-state index contributed by atoms with van der Waals surface area (Å²) in [6.45, 7) is 8.00.